The third-order valence-electron chi connectivity index (χ3n) is 6.29. The van der Waals surface area contributed by atoms with Crippen LogP contribution in [-0.2, 0) is 9.59 Å². The fourth-order valence-electron chi connectivity index (χ4n) is 4.35. The Kier molecular flexibility index (Phi) is 6.55. The molecule has 2 aliphatic rings. The first-order valence-corrected chi connectivity index (χ1v) is 11.5. The highest BCUT2D eigenvalue weighted by Crippen LogP contribution is 2.32. The van der Waals surface area contributed by atoms with Crippen LogP contribution in [0.1, 0.15) is 51.5 Å². The van der Waals surface area contributed by atoms with Crippen LogP contribution in [-0.4, -0.2) is 53.1 Å². The fraction of sp³-hybridized carbons (Fsp3) is 0.520. The van der Waals surface area contributed by atoms with Crippen LogP contribution in [0.4, 0.5) is 11.5 Å². The monoisotopic (exact) mass is 435 g/mol. The van der Waals surface area contributed by atoms with Crippen LogP contribution in [0.2, 0.25) is 0 Å². The fourth-order valence-corrected chi connectivity index (χ4v) is 4.35. The summed E-state index contributed by atoms with van der Waals surface area (Å²) in [5.41, 5.74) is 2.09. The Bertz CT molecular complexity index is 927. The lowest BCUT2D eigenvalue weighted by Crippen LogP contribution is -2.51. The zero-order chi connectivity index (χ0) is 22.7. The molecule has 2 aliphatic heterocycles. The molecule has 2 amide bonds. The quantitative estimate of drug-likeness (QED) is 0.778. The summed E-state index contributed by atoms with van der Waals surface area (Å²) >= 11 is 0. The third kappa shape index (κ3) is 5.15. The third-order valence-corrected chi connectivity index (χ3v) is 6.29. The first-order valence-electron chi connectivity index (χ1n) is 11.5. The molecule has 0 atom stereocenters. The van der Waals surface area contributed by atoms with Gasteiger partial charge in [0, 0.05) is 38.8 Å². The van der Waals surface area contributed by atoms with E-state index in [9.17, 15) is 9.59 Å². The van der Waals surface area contributed by atoms with Crippen LogP contribution in [0.5, 0.6) is 0 Å². The average Bonchev–Trinajstić information content (AvgIpc) is 2.73. The average molecular weight is 436 g/mol. The number of nitrogens with one attached hydrogen (secondary N) is 1. The van der Waals surface area contributed by atoms with E-state index in [0.717, 1.165) is 31.6 Å². The summed E-state index contributed by atoms with van der Waals surface area (Å²) in [5, 5.41) is 11.3. The summed E-state index contributed by atoms with van der Waals surface area (Å²) in [6, 6.07) is 11.8. The molecule has 0 spiro atoms. The van der Waals surface area contributed by atoms with Crippen molar-refractivity contribution in [2.45, 2.75) is 46.0 Å². The maximum atomic E-state index is 13.1. The number of carbonyl (C=O) groups excluding carboxylic acids is 2. The molecule has 0 saturated carbocycles. The molecule has 0 bridgehead atoms. The largest absolute Gasteiger partial charge is 0.343 e. The van der Waals surface area contributed by atoms with Crippen molar-refractivity contribution in [3.63, 3.8) is 0 Å². The summed E-state index contributed by atoms with van der Waals surface area (Å²) in [6.07, 6.45) is 4.14. The SMILES string of the molecule is CC(C)(C)CC(=O)N1CCC(c2ccc(N(C(=O)C3CNC3)c3cccnn3)cc2)CC1. The van der Waals surface area contributed by atoms with Crippen molar-refractivity contribution in [2.75, 3.05) is 31.1 Å². The summed E-state index contributed by atoms with van der Waals surface area (Å²) in [7, 11) is 0. The van der Waals surface area contributed by atoms with Crippen molar-refractivity contribution < 1.29 is 9.59 Å². The molecule has 1 aromatic heterocycles. The van der Waals surface area contributed by atoms with Gasteiger partial charge in [0.05, 0.1) is 11.6 Å². The van der Waals surface area contributed by atoms with Crippen molar-refractivity contribution in [1.29, 1.82) is 0 Å². The predicted molar refractivity (Wildman–Crippen MR) is 125 cm³/mol. The van der Waals surface area contributed by atoms with Gasteiger partial charge in [-0.15, -0.1) is 5.10 Å². The highest BCUT2D eigenvalue weighted by atomic mass is 16.2. The molecular weight excluding hydrogens is 402 g/mol. The maximum Gasteiger partial charge on any atom is 0.238 e. The molecule has 2 aromatic rings. The lowest BCUT2D eigenvalue weighted by Gasteiger charge is -2.34. The van der Waals surface area contributed by atoms with Gasteiger partial charge >= 0.3 is 0 Å². The van der Waals surface area contributed by atoms with Crippen molar-refractivity contribution in [3.05, 3.63) is 48.2 Å². The molecule has 170 valence electrons. The van der Waals surface area contributed by atoms with E-state index < -0.39 is 0 Å². The van der Waals surface area contributed by atoms with E-state index in [1.807, 2.05) is 23.1 Å². The van der Waals surface area contributed by atoms with Crippen LogP contribution in [0.15, 0.2) is 42.6 Å². The number of piperidine rings is 1. The molecule has 0 radical (unpaired) electrons. The van der Waals surface area contributed by atoms with Gasteiger partial charge in [0.15, 0.2) is 5.82 Å². The first-order chi connectivity index (χ1) is 15.3. The Morgan fingerprint density at radius 3 is 2.31 bits per heavy atom. The number of benzene rings is 1. The van der Waals surface area contributed by atoms with Crippen molar-refractivity contribution >= 4 is 23.3 Å². The topological polar surface area (TPSA) is 78.4 Å². The normalized spacial score (nSPS) is 17.7. The molecule has 3 heterocycles. The highest BCUT2D eigenvalue weighted by molar-refractivity contribution is 6.01. The van der Waals surface area contributed by atoms with Gasteiger partial charge in [0.2, 0.25) is 11.8 Å². The smallest absolute Gasteiger partial charge is 0.238 e. The number of hydrogen-bond donors (Lipinski definition) is 1. The second-order valence-corrected chi connectivity index (χ2v) is 10.1. The lowest BCUT2D eigenvalue weighted by atomic mass is 9.87. The van der Waals surface area contributed by atoms with Gasteiger partial charge in [-0.3, -0.25) is 14.5 Å². The van der Waals surface area contributed by atoms with Crippen LogP contribution in [0, 0.1) is 11.3 Å². The molecule has 2 saturated heterocycles. The van der Waals surface area contributed by atoms with Crippen molar-refractivity contribution in [1.82, 2.24) is 20.4 Å². The van der Waals surface area contributed by atoms with E-state index in [0.29, 0.717) is 31.2 Å². The van der Waals surface area contributed by atoms with Gasteiger partial charge in [0.1, 0.15) is 0 Å². The molecule has 0 unspecified atom stereocenters. The second kappa shape index (κ2) is 9.36. The predicted octanol–water partition coefficient (Wildman–Crippen LogP) is 3.50. The minimum Gasteiger partial charge on any atom is -0.343 e. The minimum atomic E-state index is -0.0355. The van der Waals surface area contributed by atoms with Crippen molar-refractivity contribution in [2.24, 2.45) is 11.3 Å². The molecule has 7 heteroatoms. The Morgan fingerprint density at radius 1 is 1.09 bits per heavy atom. The lowest BCUT2D eigenvalue weighted by molar-refractivity contribution is -0.134. The van der Waals surface area contributed by atoms with E-state index in [1.54, 1.807) is 17.2 Å². The number of nitrogens with zero attached hydrogens (tertiary/aromatic N) is 4. The molecule has 4 rings (SSSR count). The van der Waals surface area contributed by atoms with Gasteiger partial charge in [-0.1, -0.05) is 32.9 Å². The molecule has 0 aliphatic carbocycles. The Balaban J connectivity index is 1.44. The Labute approximate surface area is 190 Å². The number of amides is 2. The van der Waals surface area contributed by atoms with Gasteiger partial charge in [-0.05, 0) is 54.0 Å². The summed E-state index contributed by atoms with van der Waals surface area (Å²) < 4.78 is 0. The van der Waals surface area contributed by atoms with Crippen molar-refractivity contribution in [3.8, 4) is 0 Å². The van der Waals surface area contributed by atoms with Crippen LogP contribution >= 0.6 is 0 Å². The van der Waals surface area contributed by atoms with E-state index in [2.05, 4.69) is 48.4 Å². The zero-order valence-electron chi connectivity index (χ0n) is 19.3. The van der Waals surface area contributed by atoms with E-state index >= 15 is 0 Å². The van der Waals surface area contributed by atoms with Crippen LogP contribution < -0.4 is 10.2 Å². The Morgan fingerprint density at radius 2 is 1.78 bits per heavy atom. The highest BCUT2D eigenvalue weighted by Gasteiger charge is 2.32. The number of hydrogen-bond acceptors (Lipinski definition) is 5. The second-order valence-electron chi connectivity index (χ2n) is 10.1. The number of anilines is 2. The van der Waals surface area contributed by atoms with E-state index in [4.69, 9.17) is 0 Å². The van der Waals surface area contributed by atoms with Gasteiger partial charge in [-0.2, -0.15) is 5.10 Å². The molecule has 32 heavy (non-hydrogen) atoms. The Hall–Kier alpha value is -2.80. The van der Waals surface area contributed by atoms with Crippen LogP contribution in [0.3, 0.4) is 0 Å². The number of likely N-dealkylation sites (tertiary alicyclic amines) is 1. The van der Waals surface area contributed by atoms with E-state index in [1.165, 1.54) is 5.56 Å². The van der Waals surface area contributed by atoms with Gasteiger partial charge < -0.3 is 10.2 Å². The van der Waals surface area contributed by atoms with Crippen LogP contribution in [0.25, 0.3) is 0 Å². The minimum absolute atomic E-state index is 0.0196. The first kappa shape index (κ1) is 22.4. The number of rotatable bonds is 5. The number of carbonyl (C=O) groups is 2. The number of aromatic nitrogens is 2. The molecule has 1 aromatic carbocycles. The standard InChI is InChI=1S/C25H33N5O2/c1-25(2,3)15-23(31)29-13-10-19(11-14-29)18-6-8-21(9-7-18)30(22-5-4-12-27-28-22)24(32)20-16-26-17-20/h4-9,12,19-20,26H,10-11,13-17H2,1-3H3. The maximum absolute atomic E-state index is 13.1. The van der Waals surface area contributed by atoms with E-state index in [-0.39, 0.29) is 23.1 Å². The van der Waals surface area contributed by atoms with Gasteiger partial charge in [-0.25, -0.2) is 0 Å². The molecule has 1 N–H and O–H groups in total. The summed E-state index contributed by atoms with van der Waals surface area (Å²) in [6.45, 7) is 9.32. The van der Waals surface area contributed by atoms with Gasteiger partial charge in [0.25, 0.3) is 0 Å². The molecular formula is C25H33N5O2. The zero-order valence-corrected chi connectivity index (χ0v) is 19.3. The molecule has 2 fully saturated rings. The summed E-state index contributed by atoms with van der Waals surface area (Å²) in [5.74, 6) is 1.24. The summed E-state index contributed by atoms with van der Waals surface area (Å²) in [4.78, 5) is 29.3. The molecule has 7 nitrogen and oxygen atoms in total.